The molecule has 180 valence electrons. The molecule has 0 aliphatic rings. The number of aromatic nitrogens is 1. The summed E-state index contributed by atoms with van der Waals surface area (Å²) in [5.74, 6) is 0. The summed E-state index contributed by atoms with van der Waals surface area (Å²) >= 11 is 0. The average molecular weight is 495 g/mol. The van der Waals surface area contributed by atoms with E-state index in [9.17, 15) is 5.26 Å². The minimum Gasteiger partial charge on any atom is -0.309 e. The van der Waals surface area contributed by atoms with E-state index in [0.717, 1.165) is 27.8 Å². The molecule has 0 amide bonds. The lowest BCUT2D eigenvalue weighted by molar-refractivity contribution is 1.18. The number of nitriles is 1. The third-order valence-electron chi connectivity index (χ3n) is 7.96. The van der Waals surface area contributed by atoms with Crippen LogP contribution in [-0.4, -0.2) is 4.57 Å². The second-order valence-electron chi connectivity index (χ2n) is 10.1. The Balaban J connectivity index is 1.42. The third kappa shape index (κ3) is 3.21. The molecule has 0 radical (unpaired) electrons. The lowest BCUT2D eigenvalue weighted by Crippen LogP contribution is -1.96. The van der Waals surface area contributed by atoms with Crippen LogP contribution in [0.15, 0.2) is 133 Å². The van der Waals surface area contributed by atoms with E-state index in [1.54, 1.807) is 0 Å². The number of fused-ring (bicyclic) bond motifs is 9. The number of hydrogen-bond donors (Lipinski definition) is 0. The predicted octanol–water partition coefficient (Wildman–Crippen LogP) is 9.78. The Morgan fingerprint density at radius 3 is 1.46 bits per heavy atom. The monoisotopic (exact) mass is 494 g/mol. The van der Waals surface area contributed by atoms with E-state index < -0.39 is 0 Å². The van der Waals surface area contributed by atoms with Gasteiger partial charge in [0.25, 0.3) is 0 Å². The highest BCUT2D eigenvalue weighted by Gasteiger charge is 2.14. The molecule has 0 fully saturated rings. The van der Waals surface area contributed by atoms with Crippen LogP contribution in [0.5, 0.6) is 0 Å². The molecule has 0 N–H and O–H groups in total. The van der Waals surface area contributed by atoms with Crippen molar-refractivity contribution in [3.63, 3.8) is 0 Å². The maximum absolute atomic E-state index is 10.0. The minimum atomic E-state index is 0.646. The molecule has 0 atom stereocenters. The Hall–Kier alpha value is -5.39. The van der Waals surface area contributed by atoms with Crippen molar-refractivity contribution < 1.29 is 0 Å². The number of hydrogen-bond acceptors (Lipinski definition) is 1. The number of para-hydroxylation sites is 2. The second-order valence-corrected chi connectivity index (χ2v) is 10.1. The van der Waals surface area contributed by atoms with Crippen LogP contribution < -0.4 is 0 Å². The van der Waals surface area contributed by atoms with E-state index in [1.165, 1.54) is 43.1 Å². The lowest BCUT2D eigenvalue weighted by atomic mass is 9.92. The minimum absolute atomic E-state index is 0.646. The maximum Gasteiger partial charge on any atom is 0.0992 e. The second kappa shape index (κ2) is 8.31. The fraction of sp³-hybridized carbons (Fsp3) is 0. The Kier molecular flexibility index (Phi) is 4.62. The molecule has 2 nitrogen and oxygen atoms in total. The van der Waals surface area contributed by atoms with Crippen molar-refractivity contribution >= 4 is 54.1 Å². The quantitative estimate of drug-likeness (QED) is 0.220. The van der Waals surface area contributed by atoms with Gasteiger partial charge in [-0.1, -0.05) is 97.1 Å². The molecule has 0 aliphatic carbocycles. The molecular weight excluding hydrogens is 472 g/mol. The van der Waals surface area contributed by atoms with Crippen LogP contribution in [0.1, 0.15) is 5.56 Å². The van der Waals surface area contributed by atoms with Gasteiger partial charge in [0.2, 0.25) is 0 Å². The molecule has 0 saturated carbocycles. The Morgan fingerprint density at radius 2 is 0.897 bits per heavy atom. The van der Waals surface area contributed by atoms with Crippen LogP contribution >= 0.6 is 0 Å². The molecule has 39 heavy (non-hydrogen) atoms. The molecule has 8 rings (SSSR count). The summed E-state index contributed by atoms with van der Waals surface area (Å²) in [6.07, 6.45) is 0. The molecule has 0 spiro atoms. The first-order valence-corrected chi connectivity index (χ1v) is 13.2. The van der Waals surface area contributed by atoms with Gasteiger partial charge in [-0.2, -0.15) is 5.26 Å². The zero-order valence-electron chi connectivity index (χ0n) is 21.1. The van der Waals surface area contributed by atoms with E-state index >= 15 is 0 Å². The van der Waals surface area contributed by atoms with Gasteiger partial charge >= 0.3 is 0 Å². The molecule has 1 aromatic heterocycles. The van der Waals surface area contributed by atoms with E-state index in [-0.39, 0.29) is 0 Å². The summed E-state index contributed by atoms with van der Waals surface area (Å²) < 4.78 is 2.28. The van der Waals surface area contributed by atoms with E-state index in [2.05, 4.69) is 132 Å². The average Bonchev–Trinajstić information content (AvgIpc) is 3.35. The summed E-state index contributed by atoms with van der Waals surface area (Å²) in [6, 6.07) is 49.6. The Labute approximate surface area is 225 Å². The van der Waals surface area contributed by atoms with Crippen molar-refractivity contribution in [3.8, 4) is 22.9 Å². The number of benzene rings is 7. The van der Waals surface area contributed by atoms with Gasteiger partial charge in [0.15, 0.2) is 0 Å². The molecule has 1 heterocycles. The third-order valence-corrected chi connectivity index (χ3v) is 7.96. The maximum atomic E-state index is 10.0. The highest BCUT2D eigenvalue weighted by atomic mass is 15.0. The summed E-state index contributed by atoms with van der Waals surface area (Å²) in [7, 11) is 0. The van der Waals surface area contributed by atoms with Crippen LogP contribution in [-0.2, 0) is 0 Å². The summed E-state index contributed by atoms with van der Waals surface area (Å²) in [6.45, 7) is 0. The standard InChI is InChI=1S/C37H22N2/c38-23-24-19-26(21-27(20-24)39-36-15-7-5-13-33(36)34-14-6-8-16-37(34)39)25-17-18-32-30-11-2-1-9-28(30)29-10-3-4-12-31(29)35(32)22-25/h1-22H. The fourth-order valence-electron chi connectivity index (χ4n) is 6.26. The molecule has 7 aromatic carbocycles. The van der Waals surface area contributed by atoms with E-state index in [4.69, 9.17) is 0 Å². The number of rotatable bonds is 2. The van der Waals surface area contributed by atoms with Gasteiger partial charge in [-0.05, 0) is 79.8 Å². The van der Waals surface area contributed by atoms with Crippen LogP contribution in [0.2, 0.25) is 0 Å². The normalized spacial score (nSPS) is 11.6. The van der Waals surface area contributed by atoms with Crippen LogP contribution in [0.3, 0.4) is 0 Å². The highest BCUT2D eigenvalue weighted by molar-refractivity contribution is 6.25. The summed E-state index contributed by atoms with van der Waals surface area (Å²) in [5, 5.41) is 19.9. The summed E-state index contributed by atoms with van der Waals surface area (Å²) in [5.41, 5.74) is 6.04. The van der Waals surface area contributed by atoms with Crippen molar-refractivity contribution in [1.29, 1.82) is 5.26 Å². The van der Waals surface area contributed by atoms with Crippen LogP contribution in [0.4, 0.5) is 0 Å². The van der Waals surface area contributed by atoms with Gasteiger partial charge in [0, 0.05) is 16.5 Å². The predicted molar refractivity (Wildman–Crippen MR) is 163 cm³/mol. The zero-order valence-corrected chi connectivity index (χ0v) is 21.1. The molecule has 8 aromatic rings. The Bertz CT molecular complexity index is 2210. The first-order valence-electron chi connectivity index (χ1n) is 13.2. The van der Waals surface area contributed by atoms with E-state index in [0.29, 0.717) is 5.56 Å². The van der Waals surface area contributed by atoms with Crippen molar-refractivity contribution in [2.24, 2.45) is 0 Å². The van der Waals surface area contributed by atoms with Crippen molar-refractivity contribution in [3.05, 3.63) is 139 Å². The van der Waals surface area contributed by atoms with Crippen molar-refractivity contribution in [1.82, 2.24) is 4.57 Å². The molecule has 2 heteroatoms. The van der Waals surface area contributed by atoms with Gasteiger partial charge < -0.3 is 4.57 Å². The molecule has 0 bridgehead atoms. The molecule has 0 aliphatic heterocycles. The van der Waals surface area contributed by atoms with Crippen LogP contribution in [0, 0.1) is 11.3 Å². The first kappa shape index (κ1) is 21.7. The van der Waals surface area contributed by atoms with Gasteiger partial charge in [-0.25, -0.2) is 0 Å². The Morgan fingerprint density at radius 1 is 0.410 bits per heavy atom. The van der Waals surface area contributed by atoms with Crippen molar-refractivity contribution in [2.45, 2.75) is 0 Å². The van der Waals surface area contributed by atoms with Gasteiger partial charge in [-0.15, -0.1) is 0 Å². The first-order chi connectivity index (χ1) is 19.3. The summed E-state index contributed by atoms with van der Waals surface area (Å²) in [4.78, 5) is 0. The fourth-order valence-corrected chi connectivity index (χ4v) is 6.26. The molecular formula is C37H22N2. The van der Waals surface area contributed by atoms with E-state index in [1.807, 2.05) is 12.1 Å². The smallest absolute Gasteiger partial charge is 0.0992 e. The zero-order chi connectivity index (χ0) is 25.9. The van der Waals surface area contributed by atoms with Gasteiger partial charge in [0.05, 0.1) is 22.7 Å². The molecule has 0 saturated heterocycles. The van der Waals surface area contributed by atoms with Gasteiger partial charge in [0.1, 0.15) is 0 Å². The van der Waals surface area contributed by atoms with Crippen molar-refractivity contribution in [2.75, 3.05) is 0 Å². The topological polar surface area (TPSA) is 28.7 Å². The van der Waals surface area contributed by atoms with Crippen LogP contribution in [0.25, 0.3) is 70.9 Å². The highest BCUT2D eigenvalue weighted by Crippen LogP contribution is 2.38. The lowest BCUT2D eigenvalue weighted by Gasteiger charge is -2.14. The largest absolute Gasteiger partial charge is 0.309 e. The SMILES string of the molecule is N#Cc1cc(-c2ccc3c4ccccc4c4ccccc4c3c2)cc(-n2c3ccccc3c3ccccc32)c1. The number of nitrogens with zero attached hydrogens (tertiary/aromatic N) is 2. The van der Waals surface area contributed by atoms with Gasteiger partial charge in [-0.3, -0.25) is 0 Å². The molecule has 0 unspecified atom stereocenters.